The van der Waals surface area contributed by atoms with Gasteiger partial charge in [-0.1, -0.05) is 17.3 Å². The second-order valence-corrected chi connectivity index (χ2v) is 7.52. The fourth-order valence-electron chi connectivity index (χ4n) is 3.89. The fourth-order valence-corrected chi connectivity index (χ4v) is 3.89. The van der Waals surface area contributed by atoms with Gasteiger partial charge in [-0.25, -0.2) is 14.6 Å². The van der Waals surface area contributed by atoms with Gasteiger partial charge in [-0.2, -0.15) is 0 Å². The highest BCUT2D eigenvalue weighted by Crippen LogP contribution is 2.26. The molecule has 140 valence electrons. The lowest BCUT2D eigenvalue weighted by molar-refractivity contribution is 0.315. The summed E-state index contributed by atoms with van der Waals surface area (Å²) < 4.78 is 7.43. The van der Waals surface area contributed by atoms with Crippen molar-refractivity contribution in [1.82, 2.24) is 29.9 Å². The molecule has 0 radical (unpaired) electrons. The van der Waals surface area contributed by atoms with Crippen LogP contribution in [0.2, 0.25) is 0 Å². The molecule has 2 aromatic heterocycles. The second-order valence-electron chi connectivity index (χ2n) is 7.52. The van der Waals surface area contributed by atoms with Crippen molar-refractivity contribution >= 4 is 17.1 Å². The predicted molar refractivity (Wildman–Crippen MR) is 102 cm³/mol. The third-order valence-electron chi connectivity index (χ3n) is 5.52. The van der Waals surface area contributed by atoms with Gasteiger partial charge in [0.1, 0.15) is 11.6 Å². The molecule has 2 aliphatic heterocycles. The zero-order valence-electron chi connectivity index (χ0n) is 15.7. The molecular weight excluding hydrogens is 342 g/mol. The third-order valence-corrected chi connectivity index (χ3v) is 5.52. The van der Waals surface area contributed by atoms with Crippen molar-refractivity contribution in [3.8, 4) is 5.75 Å². The molecule has 3 aromatic rings. The molecule has 0 amide bonds. The minimum absolute atomic E-state index is 0.555. The van der Waals surface area contributed by atoms with Gasteiger partial charge in [0.15, 0.2) is 5.65 Å². The number of rotatable bonds is 4. The molecule has 0 aliphatic carbocycles. The molecule has 5 rings (SSSR count). The minimum Gasteiger partial charge on any atom is -0.493 e. The molecule has 0 unspecified atom stereocenters. The van der Waals surface area contributed by atoms with Crippen LogP contribution in [-0.2, 0) is 13.0 Å². The molecule has 1 fully saturated rings. The van der Waals surface area contributed by atoms with E-state index in [2.05, 4.69) is 51.3 Å². The molecule has 8 nitrogen and oxygen atoms in total. The van der Waals surface area contributed by atoms with Crippen LogP contribution in [0.15, 0.2) is 24.4 Å². The van der Waals surface area contributed by atoms with Gasteiger partial charge in [0, 0.05) is 25.6 Å². The van der Waals surface area contributed by atoms with E-state index >= 15 is 0 Å². The number of anilines is 1. The van der Waals surface area contributed by atoms with Crippen LogP contribution in [0, 0.1) is 0 Å². The standard InChI is InChI=1S/C19H23N7O/c1-24(2)15-5-7-25(12-15)17-10-20-18-19(21-17)26(23-22-18)11-13-3-4-16-14(9-13)6-8-27-16/h3-4,9-10,15H,5-8,11-12H2,1-2H3/t15-/m1/s1. The molecule has 8 heteroatoms. The first-order valence-electron chi connectivity index (χ1n) is 9.39. The Morgan fingerprint density at radius 2 is 2.22 bits per heavy atom. The van der Waals surface area contributed by atoms with Gasteiger partial charge in [-0.15, -0.1) is 5.10 Å². The zero-order chi connectivity index (χ0) is 18.4. The second kappa shape index (κ2) is 6.45. The van der Waals surface area contributed by atoms with E-state index in [4.69, 9.17) is 9.72 Å². The van der Waals surface area contributed by atoms with Crippen molar-refractivity contribution in [2.75, 3.05) is 38.7 Å². The molecule has 4 heterocycles. The van der Waals surface area contributed by atoms with Gasteiger partial charge in [-0.3, -0.25) is 0 Å². The van der Waals surface area contributed by atoms with E-state index in [0.29, 0.717) is 18.2 Å². The van der Waals surface area contributed by atoms with Gasteiger partial charge in [0.05, 0.1) is 19.3 Å². The molecule has 1 atom stereocenters. The number of aromatic nitrogens is 5. The number of benzene rings is 1. The van der Waals surface area contributed by atoms with Crippen LogP contribution in [0.1, 0.15) is 17.5 Å². The van der Waals surface area contributed by atoms with Crippen LogP contribution in [0.5, 0.6) is 5.75 Å². The maximum Gasteiger partial charge on any atom is 0.221 e. The van der Waals surface area contributed by atoms with Gasteiger partial charge in [0.2, 0.25) is 5.65 Å². The van der Waals surface area contributed by atoms with E-state index in [9.17, 15) is 0 Å². The fraction of sp³-hybridized carbons (Fsp3) is 0.474. The lowest BCUT2D eigenvalue weighted by Crippen LogP contribution is -2.31. The molecule has 0 saturated carbocycles. The maximum atomic E-state index is 5.59. The summed E-state index contributed by atoms with van der Waals surface area (Å²) in [5.41, 5.74) is 3.76. The summed E-state index contributed by atoms with van der Waals surface area (Å²) in [5.74, 6) is 1.89. The first-order valence-corrected chi connectivity index (χ1v) is 9.39. The predicted octanol–water partition coefficient (Wildman–Crippen LogP) is 1.34. The summed E-state index contributed by atoms with van der Waals surface area (Å²) in [5, 5.41) is 8.46. The number of hydrogen-bond acceptors (Lipinski definition) is 7. The smallest absolute Gasteiger partial charge is 0.221 e. The molecule has 1 aromatic carbocycles. The molecular formula is C19H23N7O. The topological polar surface area (TPSA) is 72.2 Å². The highest BCUT2D eigenvalue weighted by Gasteiger charge is 2.25. The first-order chi connectivity index (χ1) is 13.2. The van der Waals surface area contributed by atoms with Crippen LogP contribution >= 0.6 is 0 Å². The largest absolute Gasteiger partial charge is 0.493 e. The van der Waals surface area contributed by atoms with Crippen molar-refractivity contribution < 1.29 is 4.74 Å². The summed E-state index contributed by atoms with van der Waals surface area (Å²) in [6.07, 6.45) is 3.92. The van der Waals surface area contributed by atoms with E-state index < -0.39 is 0 Å². The van der Waals surface area contributed by atoms with Crippen LogP contribution in [0.4, 0.5) is 5.82 Å². The SMILES string of the molecule is CN(C)[C@@H]1CCN(c2cnc3nnn(Cc4ccc5c(c4)CCO5)c3n2)C1. The van der Waals surface area contributed by atoms with Crippen molar-refractivity contribution in [3.05, 3.63) is 35.5 Å². The monoisotopic (exact) mass is 365 g/mol. The Morgan fingerprint density at radius 3 is 3.07 bits per heavy atom. The highest BCUT2D eigenvalue weighted by atomic mass is 16.5. The molecule has 2 aliphatic rings. The minimum atomic E-state index is 0.555. The number of hydrogen-bond donors (Lipinski definition) is 0. The van der Waals surface area contributed by atoms with Gasteiger partial charge >= 0.3 is 0 Å². The van der Waals surface area contributed by atoms with Gasteiger partial charge in [-0.05, 0) is 37.7 Å². The molecule has 0 bridgehead atoms. The molecule has 0 N–H and O–H groups in total. The van der Waals surface area contributed by atoms with E-state index in [1.807, 2.05) is 16.9 Å². The van der Waals surface area contributed by atoms with Gasteiger partial charge in [0.25, 0.3) is 0 Å². The van der Waals surface area contributed by atoms with E-state index in [1.165, 1.54) is 11.1 Å². The van der Waals surface area contributed by atoms with Gasteiger partial charge < -0.3 is 14.5 Å². The Morgan fingerprint density at radius 1 is 1.30 bits per heavy atom. The quantitative estimate of drug-likeness (QED) is 0.691. The van der Waals surface area contributed by atoms with Crippen LogP contribution in [-0.4, -0.2) is 69.7 Å². The number of nitrogens with zero attached hydrogens (tertiary/aromatic N) is 7. The van der Waals surface area contributed by atoms with E-state index in [-0.39, 0.29) is 0 Å². The van der Waals surface area contributed by atoms with Crippen LogP contribution < -0.4 is 9.64 Å². The first kappa shape index (κ1) is 16.4. The van der Waals surface area contributed by atoms with E-state index in [0.717, 1.165) is 49.8 Å². The average Bonchev–Trinajstić information content (AvgIpc) is 3.41. The normalized spacial score (nSPS) is 19.1. The summed E-state index contributed by atoms with van der Waals surface area (Å²) >= 11 is 0. The number of ether oxygens (including phenoxy) is 1. The Balaban J connectivity index is 1.42. The summed E-state index contributed by atoms with van der Waals surface area (Å²) in [4.78, 5) is 13.9. The highest BCUT2D eigenvalue weighted by molar-refractivity contribution is 5.67. The Bertz CT molecular complexity index is 983. The maximum absolute atomic E-state index is 5.59. The lowest BCUT2D eigenvalue weighted by Gasteiger charge is -2.20. The van der Waals surface area contributed by atoms with Crippen molar-refractivity contribution in [3.63, 3.8) is 0 Å². The van der Waals surface area contributed by atoms with Crippen molar-refractivity contribution in [2.45, 2.75) is 25.4 Å². The van der Waals surface area contributed by atoms with Crippen molar-refractivity contribution in [1.29, 1.82) is 0 Å². The van der Waals surface area contributed by atoms with E-state index in [1.54, 1.807) is 0 Å². The molecule has 1 saturated heterocycles. The number of fused-ring (bicyclic) bond motifs is 2. The average molecular weight is 365 g/mol. The molecule has 0 spiro atoms. The summed E-state index contributed by atoms with van der Waals surface area (Å²) in [7, 11) is 4.26. The number of likely N-dealkylation sites (N-methyl/N-ethyl adjacent to an activating group) is 1. The Kier molecular flexibility index (Phi) is 3.93. The van der Waals surface area contributed by atoms with Crippen LogP contribution in [0.25, 0.3) is 11.3 Å². The summed E-state index contributed by atoms with van der Waals surface area (Å²) in [6, 6.07) is 6.87. The Labute approximate surface area is 157 Å². The lowest BCUT2D eigenvalue weighted by atomic mass is 10.1. The van der Waals surface area contributed by atoms with Crippen LogP contribution in [0.3, 0.4) is 0 Å². The van der Waals surface area contributed by atoms with Crippen molar-refractivity contribution in [2.24, 2.45) is 0 Å². The molecule has 27 heavy (non-hydrogen) atoms. The summed E-state index contributed by atoms with van der Waals surface area (Å²) in [6.45, 7) is 3.36. The zero-order valence-corrected chi connectivity index (χ0v) is 15.7. The Hall–Kier alpha value is -2.74. The third kappa shape index (κ3) is 2.99.